The number of rotatable bonds is 11. The van der Waals surface area contributed by atoms with Crippen molar-refractivity contribution in [3.05, 3.63) is 64.5 Å². The van der Waals surface area contributed by atoms with E-state index in [1.165, 1.54) is 19.2 Å². The molecule has 0 saturated heterocycles. The SMILES string of the molecule is CC.CNC(=O)c1nc2cc(C)c(NCCc3ccc(F)cc3)cc2n(CC[C@H](O)CCO)c1=NC=O. The lowest BCUT2D eigenvalue weighted by Crippen LogP contribution is -2.35. The summed E-state index contributed by atoms with van der Waals surface area (Å²) >= 11 is 0. The summed E-state index contributed by atoms with van der Waals surface area (Å²) in [6, 6.07) is 10.1. The number of nitrogens with zero attached hydrogens (tertiary/aromatic N) is 3. The van der Waals surface area contributed by atoms with Crippen LogP contribution >= 0.6 is 0 Å². The monoisotopic (exact) mass is 513 g/mol. The van der Waals surface area contributed by atoms with Crippen molar-refractivity contribution in [2.75, 3.05) is 25.5 Å². The van der Waals surface area contributed by atoms with E-state index >= 15 is 0 Å². The minimum atomic E-state index is -0.762. The maximum atomic E-state index is 13.2. The molecule has 1 aromatic heterocycles. The summed E-state index contributed by atoms with van der Waals surface area (Å²) < 4.78 is 14.8. The number of amides is 2. The second-order valence-corrected chi connectivity index (χ2v) is 8.16. The Kier molecular flexibility index (Phi) is 11.9. The number of aromatic nitrogens is 2. The van der Waals surface area contributed by atoms with Gasteiger partial charge in [-0.2, -0.15) is 4.99 Å². The number of hydrogen-bond donors (Lipinski definition) is 4. The molecule has 200 valence electrons. The fraction of sp³-hybridized carbons (Fsp3) is 0.407. The zero-order valence-corrected chi connectivity index (χ0v) is 21.8. The van der Waals surface area contributed by atoms with Crippen LogP contribution in [0.25, 0.3) is 11.0 Å². The minimum absolute atomic E-state index is 0.000155. The molecule has 0 bridgehead atoms. The van der Waals surface area contributed by atoms with Crippen LogP contribution in [0.3, 0.4) is 0 Å². The molecule has 0 unspecified atom stereocenters. The molecule has 0 radical (unpaired) electrons. The lowest BCUT2D eigenvalue weighted by molar-refractivity contribution is -0.107. The molecular formula is C27H36FN5O4. The van der Waals surface area contributed by atoms with Gasteiger partial charge in [-0.1, -0.05) is 26.0 Å². The van der Waals surface area contributed by atoms with Crippen LogP contribution in [0, 0.1) is 12.7 Å². The third kappa shape index (κ3) is 7.93. The van der Waals surface area contributed by atoms with Crippen LogP contribution in [0.2, 0.25) is 0 Å². The molecule has 4 N–H and O–H groups in total. The first-order valence-corrected chi connectivity index (χ1v) is 12.4. The van der Waals surface area contributed by atoms with Crippen LogP contribution in [0.4, 0.5) is 10.1 Å². The number of aliphatic hydroxyl groups is 2. The molecule has 37 heavy (non-hydrogen) atoms. The van der Waals surface area contributed by atoms with Gasteiger partial charge in [-0.15, -0.1) is 0 Å². The largest absolute Gasteiger partial charge is 0.396 e. The topological polar surface area (TPSA) is 129 Å². The number of aliphatic hydroxyl groups excluding tert-OH is 2. The standard InChI is InChI=1S/C25H30FN5O4.C2H6/c1-16-13-21-22(14-20(16)28-10-7-17-3-5-18(26)6-4-17)31(11-8-19(34)9-12-32)24(29-15-33)23(30-21)25(35)27-2;1-2/h3-6,13-15,19,28,32,34H,7-12H2,1-2H3,(H,27,35);1-2H3/t19-;/m0./s1. The second-order valence-electron chi connectivity index (χ2n) is 8.16. The first kappa shape index (κ1) is 29.6. The average molecular weight is 514 g/mol. The van der Waals surface area contributed by atoms with Gasteiger partial charge in [-0.3, -0.25) is 9.59 Å². The Bertz CT molecular complexity index is 1260. The average Bonchev–Trinajstić information content (AvgIpc) is 2.90. The van der Waals surface area contributed by atoms with E-state index in [-0.39, 0.29) is 43.0 Å². The van der Waals surface area contributed by atoms with Gasteiger partial charge >= 0.3 is 0 Å². The van der Waals surface area contributed by atoms with Gasteiger partial charge in [0.15, 0.2) is 11.2 Å². The summed E-state index contributed by atoms with van der Waals surface area (Å²) in [6.07, 6.45) is 0.764. The molecule has 1 atom stereocenters. The Morgan fingerprint density at radius 1 is 1.22 bits per heavy atom. The zero-order valence-electron chi connectivity index (χ0n) is 21.8. The van der Waals surface area contributed by atoms with Gasteiger partial charge in [0, 0.05) is 32.4 Å². The van der Waals surface area contributed by atoms with Crippen molar-refractivity contribution >= 4 is 29.0 Å². The van der Waals surface area contributed by atoms with Gasteiger partial charge in [0.1, 0.15) is 5.82 Å². The maximum Gasteiger partial charge on any atom is 0.273 e. The van der Waals surface area contributed by atoms with E-state index < -0.39 is 12.0 Å². The highest BCUT2D eigenvalue weighted by atomic mass is 19.1. The predicted octanol–water partition coefficient (Wildman–Crippen LogP) is 2.71. The summed E-state index contributed by atoms with van der Waals surface area (Å²) in [5.74, 6) is -0.766. The van der Waals surface area contributed by atoms with Crippen LogP contribution in [-0.2, 0) is 17.8 Å². The van der Waals surface area contributed by atoms with E-state index in [4.69, 9.17) is 5.11 Å². The molecule has 3 rings (SSSR count). The van der Waals surface area contributed by atoms with E-state index in [2.05, 4.69) is 20.6 Å². The lowest BCUT2D eigenvalue weighted by atomic mass is 10.1. The number of benzene rings is 2. The molecule has 0 aliphatic carbocycles. The Balaban J connectivity index is 0.00000235. The molecule has 2 aromatic carbocycles. The van der Waals surface area contributed by atoms with Gasteiger partial charge in [-0.05, 0) is 61.6 Å². The Morgan fingerprint density at radius 2 is 1.92 bits per heavy atom. The van der Waals surface area contributed by atoms with Crippen molar-refractivity contribution < 1.29 is 24.2 Å². The van der Waals surface area contributed by atoms with Crippen LogP contribution in [0.1, 0.15) is 48.3 Å². The number of anilines is 1. The highest BCUT2D eigenvalue weighted by Crippen LogP contribution is 2.23. The molecule has 1 heterocycles. The molecule has 0 fully saturated rings. The highest BCUT2D eigenvalue weighted by molar-refractivity contribution is 5.94. The number of nitrogens with one attached hydrogen (secondary N) is 2. The summed E-state index contributed by atoms with van der Waals surface area (Å²) in [6.45, 7) is 6.61. The van der Waals surface area contributed by atoms with Crippen molar-refractivity contribution in [2.45, 2.75) is 52.7 Å². The molecule has 10 heteroatoms. The molecule has 2 amide bonds. The quantitative estimate of drug-likeness (QED) is 0.292. The van der Waals surface area contributed by atoms with E-state index in [1.807, 2.05) is 32.9 Å². The van der Waals surface area contributed by atoms with Gasteiger partial charge in [-0.25, -0.2) is 9.37 Å². The third-order valence-corrected chi connectivity index (χ3v) is 5.72. The molecule has 9 nitrogen and oxygen atoms in total. The number of hydrogen-bond acceptors (Lipinski definition) is 6. The molecule has 0 spiro atoms. The van der Waals surface area contributed by atoms with Crippen molar-refractivity contribution in [2.24, 2.45) is 4.99 Å². The number of carbonyl (C=O) groups is 2. The van der Waals surface area contributed by atoms with Crippen LogP contribution in [0.5, 0.6) is 0 Å². The number of aryl methyl sites for hydroxylation is 2. The van der Waals surface area contributed by atoms with E-state index in [9.17, 15) is 19.1 Å². The van der Waals surface area contributed by atoms with Gasteiger partial charge in [0.05, 0.1) is 17.1 Å². The van der Waals surface area contributed by atoms with Gasteiger partial charge in [0.25, 0.3) is 5.91 Å². The Hall–Kier alpha value is -3.63. The lowest BCUT2D eigenvalue weighted by Gasteiger charge is -2.18. The second kappa shape index (κ2) is 14.8. The van der Waals surface area contributed by atoms with Gasteiger partial charge < -0.3 is 25.4 Å². The number of fused-ring (bicyclic) bond motifs is 1. The fourth-order valence-corrected chi connectivity index (χ4v) is 3.83. The van der Waals surface area contributed by atoms with Crippen molar-refractivity contribution in [1.82, 2.24) is 14.9 Å². The van der Waals surface area contributed by atoms with E-state index in [0.29, 0.717) is 30.4 Å². The Labute approximate surface area is 216 Å². The maximum absolute atomic E-state index is 13.2. The first-order chi connectivity index (χ1) is 17.9. The number of carbonyl (C=O) groups excluding carboxylic acids is 2. The Morgan fingerprint density at radius 3 is 2.54 bits per heavy atom. The van der Waals surface area contributed by atoms with Crippen molar-refractivity contribution in [3.8, 4) is 0 Å². The van der Waals surface area contributed by atoms with Gasteiger partial charge in [0.2, 0.25) is 6.41 Å². The third-order valence-electron chi connectivity index (χ3n) is 5.72. The molecule has 0 saturated carbocycles. The predicted molar refractivity (Wildman–Crippen MR) is 142 cm³/mol. The van der Waals surface area contributed by atoms with Crippen LogP contribution < -0.4 is 16.1 Å². The molecule has 3 aromatic rings. The normalized spacial score (nSPS) is 12.0. The fourth-order valence-electron chi connectivity index (χ4n) is 3.83. The number of halogens is 1. The summed E-state index contributed by atoms with van der Waals surface area (Å²) in [7, 11) is 1.47. The zero-order chi connectivity index (χ0) is 27.4. The molecular weight excluding hydrogens is 477 g/mol. The smallest absolute Gasteiger partial charge is 0.273 e. The minimum Gasteiger partial charge on any atom is -0.396 e. The highest BCUT2D eigenvalue weighted by Gasteiger charge is 2.17. The van der Waals surface area contributed by atoms with E-state index in [0.717, 1.165) is 16.8 Å². The van der Waals surface area contributed by atoms with Crippen molar-refractivity contribution in [3.63, 3.8) is 0 Å². The summed E-state index contributed by atoms with van der Waals surface area (Å²) in [5.41, 5.74) is 3.98. The van der Waals surface area contributed by atoms with Crippen LogP contribution in [0.15, 0.2) is 41.4 Å². The first-order valence-electron chi connectivity index (χ1n) is 12.4. The summed E-state index contributed by atoms with van der Waals surface area (Å²) in [5, 5.41) is 25.2. The molecule has 0 aliphatic rings. The van der Waals surface area contributed by atoms with Crippen molar-refractivity contribution in [1.29, 1.82) is 0 Å². The van der Waals surface area contributed by atoms with Crippen LogP contribution in [-0.4, -0.2) is 58.4 Å². The summed E-state index contributed by atoms with van der Waals surface area (Å²) in [4.78, 5) is 32.2. The molecule has 0 aliphatic heterocycles. The van der Waals surface area contributed by atoms with E-state index in [1.54, 1.807) is 16.7 Å².